The Balaban J connectivity index is 1.27. The zero-order valence-electron chi connectivity index (χ0n) is 15.7. The van der Waals surface area contributed by atoms with Gasteiger partial charge in [-0.3, -0.25) is 9.89 Å². The third-order valence-electron chi connectivity index (χ3n) is 4.60. The number of aromatic amines is 1. The Morgan fingerprint density at radius 1 is 1.13 bits per heavy atom. The van der Waals surface area contributed by atoms with Crippen LogP contribution in [0.3, 0.4) is 0 Å². The van der Waals surface area contributed by atoms with Gasteiger partial charge in [0.25, 0.3) is 5.91 Å². The smallest absolute Gasteiger partial charge is 0.253 e. The van der Waals surface area contributed by atoms with Gasteiger partial charge in [-0.15, -0.1) is 39.1 Å². The van der Waals surface area contributed by atoms with E-state index in [2.05, 4.69) is 33.4 Å². The lowest BCUT2D eigenvalue weighted by Crippen LogP contribution is -2.28. The van der Waals surface area contributed by atoms with Crippen LogP contribution in [-0.4, -0.2) is 37.6 Å². The van der Waals surface area contributed by atoms with Crippen molar-refractivity contribution in [2.24, 2.45) is 5.10 Å². The summed E-state index contributed by atoms with van der Waals surface area (Å²) in [4.78, 5) is 21.0. The van der Waals surface area contributed by atoms with E-state index >= 15 is 0 Å². The summed E-state index contributed by atoms with van der Waals surface area (Å²) in [7, 11) is 0. The first-order valence-corrected chi connectivity index (χ1v) is 12.9. The molecule has 0 aliphatic carbocycles. The van der Waals surface area contributed by atoms with Crippen LogP contribution in [0.15, 0.2) is 62.8 Å². The zero-order valence-corrected chi connectivity index (χ0v) is 19.0. The van der Waals surface area contributed by atoms with Gasteiger partial charge in [0.15, 0.2) is 0 Å². The van der Waals surface area contributed by atoms with Crippen molar-refractivity contribution >= 4 is 57.4 Å². The molecule has 0 bridgehead atoms. The first-order valence-electron chi connectivity index (χ1n) is 9.29. The maximum Gasteiger partial charge on any atom is 0.253 e. The number of thiophene rings is 3. The number of rotatable bonds is 7. The van der Waals surface area contributed by atoms with Crippen molar-refractivity contribution in [3.8, 4) is 0 Å². The second-order valence-corrected chi connectivity index (χ2v) is 10.5. The van der Waals surface area contributed by atoms with Crippen LogP contribution in [0.2, 0.25) is 0 Å². The second-order valence-electron chi connectivity index (χ2n) is 6.61. The Bertz CT molecular complexity index is 1130. The van der Waals surface area contributed by atoms with Crippen molar-refractivity contribution in [2.45, 2.75) is 24.0 Å². The van der Waals surface area contributed by atoms with Gasteiger partial charge in [-0.1, -0.05) is 30.0 Å². The van der Waals surface area contributed by atoms with E-state index in [1.54, 1.807) is 39.0 Å². The van der Waals surface area contributed by atoms with E-state index in [1.165, 1.54) is 16.6 Å². The molecule has 1 aliphatic heterocycles. The average Bonchev–Trinajstić information content (AvgIpc) is 3.56. The van der Waals surface area contributed by atoms with Crippen LogP contribution in [0, 0.1) is 0 Å². The van der Waals surface area contributed by atoms with E-state index < -0.39 is 0 Å². The van der Waals surface area contributed by atoms with Crippen LogP contribution < -0.4 is 0 Å². The zero-order chi connectivity index (χ0) is 20.3. The number of hydrogen-bond donors (Lipinski definition) is 1. The van der Waals surface area contributed by atoms with Crippen molar-refractivity contribution in [1.29, 1.82) is 0 Å². The number of aromatic nitrogens is 3. The van der Waals surface area contributed by atoms with Gasteiger partial charge in [0.05, 0.1) is 22.4 Å². The summed E-state index contributed by atoms with van der Waals surface area (Å²) in [6, 6.07) is 12.2. The van der Waals surface area contributed by atoms with E-state index in [-0.39, 0.29) is 17.7 Å². The van der Waals surface area contributed by atoms with Gasteiger partial charge in [0.1, 0.15) is 5.82 Å². The minimum absolute atomic E-state index is 0.0328. The second kappa shape index (κ2) is 8.84. The fourth-order valence-corrected chi connectivity index (χ4v) is 6.14. The first kappa shape index (κ1) is 19.7. The van der Waals surface area contributed by atoms with Crippen molar-refractivity contribution in [3.63, 3.8) is 0 Å². The van der Waals surface area contributed by atoms with Crippen molar-refractivity contribution in [2.75, 3.05) is 5.75 Å². The highest BCUT2D eigenvalue weighted by Crippen LogP contribution is 2.36. The molecule has 30 heavy (non-hydrogen) atoms. The van der Waals surface area contributed by atoms with Crippen LogP contribution in [0.1, 0.15) is 32.9 Å². The molecule has 152 valence electrons. The predicted octanol–water partition coefficient (Wildman–Crippen LogP) is 5.05. The first-order chi connectivity index (χ1) is 14.8. The highest BCUT2D eigenvalue weighted by atomic mass is 32.2. The van der Waals surface area contributed by atoms with Gasteiger partial charge < -0.3 is 0 Å². The minimum atomic E-state index is -0.0447. The Morgan fingerprint density at radius 3 is 2.73 bits per heavy atom. The fourth-order valence-electron chi connectivity index (χ4n) is 3.23. The van der Waals surface area contributed by atoms with Crippen molar-refractivity contribution < 1.29 is 4.79 Å². The number of thioether (sulfide) groups is 1. The molecule has 5 heterocycles. The summed E-state index contributed by atoms with van der Waals surface area (Å²) < 4.78 is 0. The van der Waals surface area contributed by atoms with Gasteiger partial charge in [-0.25, -0.2) is 9.99 Å². The molecule has 0 aromatic carbocycles. The Morgan fingerprint density at radius 2 is 1.97 bits per heavy atom. The molecule has 1 unspecified atom stereocenters. The Kier molecular flexibility index (Phi) is 5.80. The summed E-state index contributed by atoms with van der Waals surface area (Å²) in [6.45, 7) is 0. The van der Waals surface area contributed by atoms with Gasteiger partial charge >= 0.3 is 0 Å². The number of nitrogens with zero attached hydrogens (tertiary/aromatic N) is 4. The molecule has 0 saturated heterocycles. The quantitative estimate of drug-likeness (QED) is 0.383. The summed E-state index contributed by atoms with van der Waals surface area (Å²) in [5.41, 5.74) is 0.970. The molecule has 0 spiro atoms. The van der Waals surface area contributed by atoms with Crippen LogP contribution >= 0.6 is 45.8 Å². The minimum Gasteiger partial charge on any atom is -0.272 e. The van der Waals surface area contributed by atoms with E-state index in [0.29, 0.717) is 5.16 Å². The maximum absolute atomic E-state index is 13.0. The van der Waals surface area contributed by atoms with Crippen molar-refractivity contribution in [3.05, 3.63) is 73.0 Å². The fraction of sp³-hybridized carbons (Fsp3) is 0.200. The van der Waals surface area contributed by atoms with Crippen LogP contribution in [0.5, 0.6) is 0 Å². The molecule has 1 N–H and O–H groups in total. The van der Waals surface area contributed by atoms with E-state index in [9.17, 15) is 4.79 Å². The number of nitrogens with one attached hydrogen (secondary N) is 1. The lowest BCUT2D eigenvalue weighted by Gasteiger charge is -2.20. The number of hydrazone groups is 1. The number of carbonyl (C=O) groups is 1. The van der Waals surface area contributed by atoms with Gasteiger partial charge in [-0.2, -0.15) is 5.10 Å². The van der Waals surface area contributed by atoms with E-state index in [1.807, 2.05) is 34.3 Å². The molecule has 0 fully saturated rings. The lowest BCUT2D eigenvalue weighted by molar-refractivity contribution is -0.130. The largest absolute Gasteiger partial charge is 0.272 e. The van der Waals surface area contributed by atoms with Gasteiger partial charge in [-0.05, 0) is 34.3 Å². The van der Waals surface area contributed by atoms with E-state index in [4.69, 9.17) is 5.10 Å². The topological polar surface area (TPSA) is 74.2 Å². The summed E-state index contributed by atoms with van der Waals surface area (Å²) in [6.07, 6.45) is 1.46. The standard InChI is InChI=1S/C20H17N5OS4/c26-19(12-30-20-21-18(22-23-20)10-13-4-1-7-27-13)25-15(17-6-3-9-29-17)11-14(24-25)16-5-2-8-28-16/h1-9,15H,10-12H2,(H,21,22,23). The van der Waals surface area contributed by atoms with Crippen LogP contribution in [-0.2, 0) is 11.2 Å². The number of hydrogen-bond acceptors (Lipinski definition) is 8. The predicted molar refractivity (Wildman–Crippen MR) is 124 cm³/mol. The molecule has 5 rings (SSSR count). The molecule has 0 saturated carbocycles. The van der Waals surface area contributed by atoms with Crippen molar-refractivity contribution in [1.82, 2.24) is 20.2 Å². The Hall–Kier alpha value is -2.27. The average molecular weight is 472 g/mol. The highest BCUT2D eigenvalue weighted by Gasteiger charge is 2.34. The maximum atomic E-state index is 13.0. The molecule has 6 nitrogen and oxygen atoms in total. The molecule has 0 radical (unpaired) electrons. The normalized spacial score (nSPS) is 16.2. The summed E-state index contributed by atoms with van der Waals surface area (Å²) in [5.74, 6) is 1.02. The summed E-state index contributed by atoms with van der Waals surface area (Å²) in [5, 5.41) is 20.3. The van der Waals surface area contributed by atoms with Crippen LogP contribution in [0.25, 0.3) is 0 Å². The molecular formula is C20H17N5OS4. The Labute approximate surface area is 189 Å². The number of carbonyl (C=O) groups excluding carboxylic acids is 1. The number of amides is 1. The molecule has 1 amide bonds. The number of H-pyrrole nitrogens is 1. The lowest BCUT2D eigenvalue weighted by atomic mass is 10.1. The third kappa shape index (κ3) is 4.27. The third-order valence-corrected chi connectivity index (χ3v) is 8.20. The van der Waals surface area contributed by atoms with Gasteiger partial charge in [0, 0.05) is 22.6 Å². The summed E-state index contributed by atoms with van der Waals surface area (Å²) >= 11 is 6.35. The van der Waals surface area contributed by atoms with E-state index in [0.717, 1.165) is 34.1 Å². The molecule has 4 aromatic heterocycles. The van der Waals surface area contributed by atoms with Gasteiger partial charge in [0.2, 0.25) is 5.16 Å². The molecule has 1 atom stereocenters. The highest BCUT2D eigenvalue weighted by molar-refractivity contribution is 7.99. The molecule has 1 aliphatic rings. The monoisotopic (exact) mass is 471 g/mol. The van der Waals surface area contributed by atoms with Crippen LogP contribution in [0.4, 0.5) is 0 Å². The molecule has 10 heteroatoms. The molecule has 4 aromatic rings. The molecular weight excluding hydrogens is 455 g/mol. The SMILES string of the molecule is O=C(CSc1n[nH]c(Cc2cccs2)n1)N1N=C(c2cccs2)CC1c1cccs1.